The minimum Gasteiger partial charge on any atom is -0.371 e. The molecule has 120 valence electrons. The van der Waals surface area contributed by atoms with Crippen molar-refractivity contribution in [3.05, 3.63) is 29.3 Å². The van der Waals surface area contributed by atoms with Crippen molar-refractivity contribution < 1.29 is 4.79 Å². The molecule has 1 aromatic rings. The second-order valence-electron chi connectivity index (χ2n) is 7.23. The maximum Gasteiger partial charge on any atom is 0.140 e. The molecule has 3 heteroatoms. The van der Waals surface area contributed by atoms with E-state index in [1.165, 1.54) is 29.7 Å². The third-order valence-corrected chi connectivity index (χ3v) is 5.17. The molecule has 1 heterocycles. The summed E-state index contributed by atoms with van der Waals surface area (Å²) in [6.45, 7) is 4.31. The molecule has 0 N–H and O–H groups in total. The number of carbonyl (C=O) groups is 1. The molecule has 1 saturated carbocycles. The zero-order valence-corrected chi connectivity index (χ0v) is 14.1. The minimum atomic E-state index is 0.354. The Hall–Kier alpha value is -1.35. The maximum absolute atomic E-state index is 12.2. The van der Waals surface area contributed by atoms with E-state index in [-0.39, 0.29) is 0 Å². The molecule has 1 aliphatic carbocycles. The van der Waals surface area contributed by atoms with Crippen LogP contribution in [0.2, 0.25) is 0 Å². The fraction of sp³-hybridized carbons (Fsp3) is 0.632. The van der Waals surface area contributed by atoms with E-state index in [2.05, 4.69) is 49.0 Å². The number of Topliss-reactive ketones (excluding diaryl/α,β-unsaturated/α-hetero) is 1. The second kappa shape index (κ2) is 6.41. The van der Waals surface area contributed by atoms with E-state index in [1.807, 2.05) is 0 Å². The van der Waals surface area contributed by atoms with Gasteiger partial charge in [0, 0.05) is 37.2 Å². The Morgan fingerprint density at radius 1 is 1.18 bits per heavy atom. The molecule has 1 saturated heterocycles. The number of anilines is 1. The summed E-state index contributed by atoms with van der Waals surface area (Å²) in [5.74, 6) is 0.794. The normalized spacial score (nSPS) is 19.7. The van der Waals surface area contributed by atoms with Crippen LogP contribution in [0.15, 0.2) is 18.2 Å². The highest BCUT2D eigenvalue weighted by Crippen LogP contribution is 2.33. The zero-order chi connectivity index (χ0) is 15.7. The first kappa shape index (κ1) is 15.5. The van der Waals surface area contributed by atoms with E-state index in [4.69, 9.17) is 0 Å². The van der Waals surface area contributed by atoms with Gasteiger partial charge >= 0.3 is 0 Å². The molecule has 3 nitrogen and oxygen atoms in total. The van der Waals surface area contributed by atoms with Crippen molar-refractivity contribution in [2.75, 3.05) is 32.1 Å². The van der Waals surface area contributed by atoms with Crippen LogP contribution in [-0.2, 0) is 11.2 Å². The highest BCUT2D eigenvalue weighted by Gasteiger charge is 2.30. The number of aryl methyl sites for hydroxylation is 1. The first-order valence-corrected chi connectivity index (χ1v) is 8.58. The molecule has 1 aromatic carbocycles. The van der Waals surface area contributed by atoms with Gasteiger partial charge in [-0.2, -0.15) is 0 Å². The van der Waals surface area contributed by atoms with E-state index in [0.717, 1.165) is 25.9 Å². The Morgan fingerprint density at radius 3 is 2.45 bits per heavy atom. The van der Waals surface area contributed by atoms with E-state index in [1.54, 1.807) is 0 Å². The standard InChI is InChI=1S/C19H28N2O/c1-14-4-7-18(16(12-14)13-19(22)15-5-6-15)21-10-8-17(9-11-21)20(2)3/h4,7,12,15,17H,5-6,8-11,13H2,1-3H3. The van der Waals surface area contributed by atoms with Crippen LogP contribution >= 0.6 is 0 Å². The molecule has 22 heavy (non-hydrogen) atoms. The van der Waals surface area contributed by atoms with Crippen molar-refractivity contribution in [1.82, 2.24) is 4.90 Å². The number of benzene rings is 1. The summed E-state index contributed by atoms with van der Waals surface area (Å²) in [4.78, 5) is 17.1. The van der Waals surface area contributed by atoms with E-state index < -0.39 is 0 Å². The summed E-state index contributed by atoms with van der Waals surface area (Å²) in [7, 11) is 4.35. The second-order valence-corrected chi connectivity index (χ2v) is 7.23. The number of carbonyl (C=O) groups excluding carboxylic acids is 1. The van der Waals surface area contributed by atoms with Gasteiger partial charge in [0.05, 0.1) is 0 Å². The summed E-state index contributed by atoms with van der Waals surface area (Å²) in [5.41, 5.74) is 3.78. The maximum atomic E-state index is 12.2. The molecule has 0 radical (unpaired) electrons. The Balaban J connectivity index is 1.74. The Kier molecular flexibility index (Phi) is 4.53. The van der Waals surface area contributed by atoms with E-state index in [0.29, 0.717) is 24.2 Å². The molecule has 0 atom stereocenters. The number of ketones is 1. The highest BCUT2D eigenvalue weighted by atomic mass is 16.1. The molecular formula is C19H28N2O. The molecular weight excluding hydrogens is 272 g/mol. The Labute approximate surface area is 134 Å². The average Bonchev–Trinajstić information content (AvgIpc) is 3.32. The quantitative estimate of drug-likeness (QED) is 0.835. The molecule has 3 rings (SSSR count). The van der Waals surface area contributed by atoms with Crippen molar-refractivity contribution in [3.63, 3.8) is 0 Å². The first-order valence-electron chi connectivity index (χ1n) is 8.58. The van der Waals surface area contributed by atoms with Crippen LogP contribution in [0.3, 0.4) is 0 Å². The predicted octanol–water partition coefficient (Wildman–Crippen LogP) is 3.05. The van der Waals surface area contributed by atoms with Crippen molar-refractivity contribution in [1.29, 1.82) is 0 Å². The van der Waals surface area contributed by atoms with Crippen molar-refractivity contribution >= 4 is 11.5 Å². The van der Waals surface area contributed by atoms with E-state index >= 15 is 0 Å². The summed E-state index contributed by atoms with van der Waals surface area (Å²) < 4.78 is 0. The Morgan fingerprint density at radius 2 is 1.86 bits per heavy atom. The third kappa shape index (κ3) is 3.52. The van der Waals surface area contributed by atoms with Gasteiger partial charge in [-0.3, -0.25) is 4.79 Å². The molecule has 0 unspecified atom stereocenters. The molecule has 0 aromatic heterocycles. The van der Waals surface area contributed by atoms with Gasteiger partial charge in [0.25, 0.3) is 0 Å². The summed E-state index contributed by atoms with van der Waals surface area (Å²) in [6, 6.07) is 7.31. The van der Waals surface area contributed by atoms with Crippen LogP contribution in [0, 0.1) is 12.8 Å². The molecule has 0 bridgehead atoms. The lowest BCUT2D eigenvalue weighted by molar-refractivity contribution is -0.119. The monoisotopic (exact) mass is 300 g/mol. The minimum absolute atomic E-state index is 0.354. The molecule has 0 amide bonds. The predicted molar refractivity (Wildman–Crippen MR) is 91.5 cm³/mol. The van der Waals surface area contributed by atoms with Crippen molar-refractivity contribution in [2.45, 2.75) is 45.1 Å². The van der Waals surface area contributed by atoms with Gasteiger partial charge in [-0.1, -0.05) is 17.7 Å². The fourth-order valence-electron chi connectivity index (χ4n) is 3.52. The number of rotatable bonds is 5. The summed E-state index contributed by atoms with van der Waals surface area (Å²) in [6.07, 6.45) is 5.24. The average molecular weight is 300 g/mol. The SMILES string of the molecule is Cc1ccc(N2CCC(N(C)C)CC2)c(CC(=O)C2CC2)c1. The van der Waals surface area contributed by atoms with Crippen molar-refractivity contribution in [2.24, 2.45) is 5.92 Å². The van der Waals surface area contributed by atoms with Crippen LogP contribution in [0.5, 0.6) is 0 Å². The van der Waals surface area contributed by atoms with E-state index in [9.17, 15) is 4.79 Å². The van der Waals surface area contributed by atoms with Crippen LogP contribution in [-0.4, -0.2) is 43.9 Å². The number of piperidine rings is 1. The summed E-state index contributed by atoms with van der Waals surface area (Å²) in [5, 5.41) is 0. The molecule has 2 aliphatic rings. The van der Waals surface area contributed by atoms with Crippen LogP contribution in [0.4, 0.5) is 5.69 Å². The highest BCUT2D eigenvalue weighted by molar-refractivity contribution is 5.86. The van der Waals surface area contributed by atoms with Crippen LogP contribution in [0.1, 0.15) is 36.8 Å². The van der Waals surface area contributed by atoms with Gasteiger partial charge < -0.3 is 9.80 Å². The number of hydrogen-bond donors (Lipinski definition) is 0. The number of nitrogens with zero attached hydrogens (tertiary/aromatic N) is 2. The van der Waals surface area contributed by atoms with Gasteiger partial charge in [0.15, 0.2) is 0 Å². The lowest BCUT2D eigenvalue weighted by Crippen LogP contribution is -2.42. The first-order chi connectivity index (χ1) is 10.5. The Bertz CT molecular complexity index is 540. The lowest BCUT2D eigenvalue weighted by atomic mass is 9.98. The fourth-order valence-corrected chi connectivity index (χ4v) is 3.52. The topological polar surface area (TPSA) is 23.6 Å². The van der Waals surface area contributed by atoms with Gasteiger partial charge in [0.2, 0.25) is 0 Å². The number of hydrogen-bond acceptors (Lipinski definition) is 3. The van der Waals surface area contributed by atoms with Gasteiger partial charge in [-0.25, -0.2) is 0 Å². The lowest BCUT2D eigenvalue weighted by Gasteiger charge is -2.37. The van der Waals surface area contributed by atoms with Gasteiger partial charge in [0.1, 0.15) is 5.78 Å². The largest absolute Gasteiger partial charge is 0.371 e. The molecule has 2 fully saturated rings. The van der Waals surface area contributed by atoms with Gasteiger partial charge in [-0.15, -0.1) is 0 Å². The smallest absolute Gasteiger partial charge is 0.140 e. The van der Waals surface area contributed by atoms with Crippen LogP contribution < -0.4 is 4.90 Å². The summed E-state index contributed by atoms with van der Waals surface area (Å²) >= 11 is 0. The zero-order valence-electron chi connectivity index (χ0n) is 14.1. The molecule has 0 spiro atoms. The van der Waals surface area contributed by atoms with Crippen LogP contribution in [0.25, 0.3) is 0 Å². The van der Waals surface area contributed by atoms with Crippen molar-refractivity contribution in [3.8, 4) is 0 Å². The van der Waals surface area contributed by atoms with Gasteiger partial charge in [-0.05, 0) is 58.3 Å². The third-order valence-electron chi connectivity index (χ3n) is 5.17. The molecule has 1 aliphatic heterocycles.